The number of imidazole rings is 1. The summed E-state index contributed by atoms with van der Waals surface area (Å²) in [6, 6.07) is 10.5. The molecule has 0 saturated carbocycles. The van der Waals surface area contributed by atoms with Crippen molar-refractivity contribution in [2.45, 2.75) is 53.4 Å². The average Bonchev–Trinajstić information content (AvgIpc) is 3.50. The van der Waals surface area contributed by atoms with E-state index in [1.807, 2.05) is 13.8 Å². The number of ketones is 1. The summed E-state index contributed by atoms with van der Waals surface area (Å²) in [4.78, 5) is 33.0. The number of hydrogen-bond donors (Lipinski definition) is 7. The summed E-state index contributed by atoms with van der Waals surface area (Å²) in [6.45, 7) is 3.73. The number of aliphatic carboxylic acids is 1. The van der Waals surface area contributed by atoms with Crippen LogP contribution in [0.25, 0.3) is 11.3 Å². The second-order valence-electron chi connectivity index (χ2n) is 12.2. The topological polar surface area (TPSA) is 240 Å². The number of primary sulfonamides is 1. The van der Waals surface area contributed by atoms with Crippen LogP contribution >= 0.6 is 35.0 Å². The van der Waals surface area contributed by atoms with E-state index in [0.717, 1.165) is 23.9 Å². The van der Waals surface area contributed by atoms with Crippen molar-refractivity contribution in [1.82, 2.24) is 15.3 Å². The number of guanidine groups is 1. The molecule has 278 valence electrons. The number of carboxylic acids is 1. The highest BCUT2D eigenvalue weighted by Crippen LogP contribution is 2.41. The van der Waals surface area contributed by atoms with Crippen molar-refractivity contribution in [3.63, 3.8) is 0 Å². The van der Waals surface area contributed by atoms with Crippen LogP contribution in [-0.4, -0.2) is 60.4 Å². The van der Waals surface area contributed by atoms with E-state index in [2.05, 4.69) is 10.3 Å². The third kappa shape index (κ3) is 8.67. The summed E-state index contributed by atoms with van der Waals surface area (Å²) in [5.41, 5.74) is 9.44. The minimum absolute atomic E-state index is 0.0144. The van der Waals surface area contributed by atoms with E-state index < -0.39 is 44.4 Å². The Morgan fingerprint density at radius 2 is 1.79 bits per heavy atom. The summed E-state index contributed by atoms with van der Waals surface area (Å²) in [5, 5.41) is 24.8. The molecule has 13 nitrogen and oxygen atoms in total. The largest absolute Gasteiger partial charge is 0.494 e. The Bertz CT molecular complexity index is 2140. The molecular formula is C33H35Cl2F2N7O6S2. The number of Topliss-reactive ketones (excluding diaryl/α,β-unsaturated/α-hetero) is 1. The number of aromatic nitrogens is 2. The number of nitrogens with two attached hydrogens (primary N) is 3. The zero-order chi connectivity index (χ0) is 38.8. The van der Waals surface area contributed by atoms with E-state index >= 15 is 4.39 Å². The van der Waals surface area contributed by atoms with Gasteiger partial charge in [0.25, 0.3) is 0 Å². The minimum atomic E-state index is -4.10. The van der Waals surface area contributed by atoms with Gasteiger partial charge in [0, 0.05) is 39.4 Å². The van der Waals surface area contributed by atoms with Crippen LogP contribution in [0, 0.1) is 17.0 Å². The number of carbonyl (C=O) groups excluding carboxylic acids is 1. The fourth-order valence-electron chi connectivity index (χ4n) is 5.33. The second kappa shape index (κ2) is 15.8. The molecule has 0 spiro atoms. The molecule has 0 amide bonds. The lowest BCUT2D eigenvalue weighted by Crippen LogP contribution is -2.55. The lowest BCUT2D eigenvalue weighted by Gasteiger charge is -2.26. The highest BCUT2D eigenvalue weighted by Gasteiger charge is 2.42. The monoisotopic (exact) mass is 797 g/mol. The number of H-pyrrole nitrogens is 1. The molecule has 3 aromatic carbocycles. The number of ether oxygens (including phenoxy) is 1. The molecular weight excluding hydrogens is 763 g/mol. The molecule has 0 unspecified atom stereocenters. The van der Waals surface area contributed by atoms with Gasteiger partial charge in [-0.2, -0.15) is 0 Å². The first-order chi connectivity index (χ1) is 24.2. The summed E-state index contributed by atoms with van der Waals surface area (Å²) < 4.78 is 59.1. The van der Waals surface area contributed by atoms with Crippen molar-refractivity contribution < 1.29 is 36.6 Å². The Kier molecular flexibility index (Phi) is 12.3. The fraction of sp³-hybridized carbons (Fsp3) is 0.273. The molecule has 0 saturated heterocycles. The second-order valence-corrected chi connectivity index (χ2v) is 15.5. The van der Waals surface area contributed by atoms with E-state index in [0.29, 0.717) is 22.5 Å². The first-order valence-corrected chi connectivity index (χ1v) is 18.5. The van der Waals surface area contributed by atoms with Crippen LogP contribution < -0.4 is 26.7 Å². The smallest absolute Gasteiger partial charge is 0.331 e. The third-order valence-electron chi connectivity index (χ3n) is 8.30. The first kappa shape index (κ1) is 40.5. The lowest BCUT2D eigenvalue weighted by molar-refractivity contribution is -0.141. The number of benzene rings is 3. The van der Waals surface area contributed by atoms with Gasteiger partial charge >= 0.3 is 5.97 Å². The zero-order valence-corrected chi connectivity index (χ0v) is 31.1. The number of carboxylic acid groups (broad SMARTS) is 1. The Balaban J connectivity index is 1.69. The maximum Gasteiger partial charge on any atom is 0.331 e. The Morgan fingerprint density at radius 3 is 2.37 bits per heavy atom. The van der Waals surface area contributed by atoms with E-state index in [9.17, 15) is 27.5 Å². The fourth-order valence-corrected chi connectivity index (χ4v) is 7.68. The molecule has 0 aliphatic heterocycles. The summed E-state index contributed by atoms with van der Waals surface area (Å²) in [5.74, 6) is -4.65. The number of thioether (sulfide) groups is 1. The summed E-state index contributed by atoms with van der Waals surface area (Å²) in [6.07, 6.45) is -0.262. The zero-order valence-electron chi connectivity index (χ0n) is 27.9. The number of rotatable bonds is 15. The molecule has 0 fully saturated rings. The normalized spacial score (nSPS) is 13.0. The molecule has 1 atom stereocenters. The van der Waals surface area contributed by atoms with Crippen molar-refractivity contribution in [2.24, 2.45) is 16.6 Å². The van der Waals surface area contributed by atoms with Gasteiger partial charge < -0.3 is 31.6 Å². The number of hydrogen-bond acceptors (Lipinski definition) is 9. The van der Waals surface area contributed by atoms with E-state index in [1.54, 1.807) is 6.07 Å². The molecule has 19 heteroatoms. The molecule has 4 rings (SSSR count). The van der Waals surface area contributed by atoms with Gasteiger partial charge in [0.2, 0.25) is 10.0 Å². The lowest BCUT2D eigenvalue weighted by atomic mass is 9.80. The Morgan fingerprint density at radius 1 is 1.10 bits per heavy atom. The molecule has 1 heterocycles. The van der Waals surface area contributed by atoms with Crippen LogP contribution in [0.4, 0.5) is 8.78 Å². The SMILES string of the molecule is COc1cc(-c2nc(SCc3c(F)cc(C(=O)[C@@](N)(CCCNC(=N)N)C(=O)O)cc3Cl)[nH]c2C(C)(C)c2ccc(S(N)(=O)=O)c(Cl)c2)ccc1F. The van der Waals surface area contributed by atoms with Crippen LogP contribution in [0.5, 0.6) is 5.75 Å². The van der Waals surface area contributed by atoms with Crippen molar-refractivity contribution in [3.8, 4) is 17.0 Å². The van der Waals surface area contributed by atoms with Crippen molar-refractivity contribution in [3.05, 3.63) is 92.6 Å². The predicted octanol–water partition coefficient (Wildman–Crippen LogP) is 5.16. The molecule has 52 heavy (non-hydrogen) atoms. The van der Waals surface area contributed by atoms with Crippen LogP contribution in [0.1, 0.15) is 53.9 Å². The number of methoxy groups -OCH3 is 1. The number of nitrogens with one attached hydrogen (secondary N) is 3. The van der Waals surface area contributed by atoms with Crippen molar-refractivity contribution >= 4 is 62.7 Å². The van der Waals surface area contributed by atoms with Crippen LogP contribution in [-0.2, 0) is 26.0 Å². The molecule has 4 aromatic rings. The third-order valence-corrected chi connectivity index (χ3v) is 10.9. The van der Waals surface area contributed by atoms with E-state index in [-0.39, 0.29) is 68.1 Å². The number of carbonyl (C=O) groups is 2. The van der Waals surface area contributed by atoms with Crippen LogP contribution in [0.15, 0.2) is 58.6 Å². The number of nitrogens with zero attached hydrogens (tertiary/aromatic N) is 1. The molecule has 0 radical (unpaired) electrons. The predicted molar refractivity (Wildman–Crippen MR) is 194 cm³/mol. The van der Waals surface area contributed by atoms with Gasteiger partial charge in [0.05, 0.1) is 23.5 Å². The molecule has 0 aliphatic carbocycles. The van der Waals surface area contributed by atoms with Gasteiger partial charge in [0.1, 0.15) is 10.7 Å². The van der Waals surface area contributed by atoms with E-state index in [4.69, 9.17) is 54.9 Å². The minimum Gasteiger partial charge on any atom is -0.494 e. The number of sulfonamides is 1. The highest BCUT2D eigenvalue weighted by molar-refractivity contribution is 7.98. The van der Waals surface area contributed by atoms with Gasteiger partial charge in [0.15, 0.2) is 34.0 Å². The number of halogens is 4. The van der Waals surface area contributed by atoms with Crippen molar-refractivity contribution in [1.29, 1.82) is 5.41 Å². The highest BCUT2D eigenvalue weighted by atomic mass is 35.5. The maximum atomic E-state index is 15.6. The maximum absolute atomic E-state index is 15.6. The molecule has 0 bridgehead atoms. The van der Waals surface area contributed by atoms with Gasteiger partial charge in [-0.05, 0) is 60.9 Å². The number of aromatic amines is 1. The molecule has 0 aliphatic rings. The van der Waals surface area contributed by atoms with Crippen molar-refractivity contribution in [2.75, 3.05) is 13.7 Å². The Hall–Kier alpha value is -4.26. The van der Waals surface area contributed by atoms with Gasteiger partial charge in [-0.15, -0.1) is 0 Å². The van der Waals surface area contributed by atoms with Crippen LogP contribution in [0.3, 0.4) is 0 Å². The molecule has 1 aromatic heterocycles. The first-order valence-electron chi connectivity index (χ1n) is 15.2. The van der Waals surface area contributed by atoms with Gasteiger partial charge in [-0.1, -0.05) is 54.9 Å². The van der Waals surface area contributed by atoms with Gasteiger partial charge in [-0.3, -0.25) is 10.2 Å². The molecule has 10 N–H and O–H groups in total. The summed E-state index contributed by atoms with van der Waals surface area (Å²) >= 11 is 13.8. The van der Waals surface area contributed by atoms with Crippen LogP contribution in [0.2, 0.25) is 10.0 Å². The van der Waals surface area contributed by atoms with Gasteiger partial charge in [-0.25, -0.2) is 32.1 Å². The standard InChI is InChI=1S/C33H35Cl2F2N7O6S2/c1-32(2,18-6-8-25(21(35)14-18)52(41,48)49)27-26(16-5-7-22(36)24(13-16)50-3)43-31(44-27)51-15-19-20(34)11-17(12-23(19)37)28(45)33(40,29(46)47)9-4-10-42-30(38)39/h5-8,11-14H,4,9-10,15,40H2,1-3H3,(H,43,44)(H,46,47)(H4,38,39,42)(H2,41,48,49)/t33-/m0/s1. The van der Waals surface area contributed by atoms with E-state index in [1.165, 1.54) is 37.4 Å². The summed E-state index contributed by atoms with van der Waals surface area (Å²) in [7, 11) is -2.78. The Labute approximate surface area is 312 Å². The average molecular weight is 799 g/mol. The quantitative estimate of drug-likeness (QED) is 0.0207.